The largest absolute Gasteiger partial charge is 0.497 e. The lowest BCUT2D eigenvalue weighted by molar-refractivity contribution is 0.0889. The Morgan fingerprint density at radius 2 is 1.70 bits per heavy atom. The molecule has 0 bridgehead atoms. The van der Waals surface area contributed by atoms with Crippen molar-refractivity contribution in [2.45, 2.75) is 25.7 Å². The van der Waals surface area contributed by atoms with E-state index >= 15 is 0 Å². The molecule has 3 heteroatoms. The SMILES string of the molecule is COc1ccc(C(c2c(C)[nH]c3ccccc23)C2CCc3ccccc3C2=O)cc1. The number of ketones is 1. The molecule has 0 saturated heterocycles. The molecule has 2 unspecified atom stereocenters. The fourth-order valence-electron chi connectivity index (χ4n) is 5.05. The number of aromatic amines is 1. The van der Waals surface area contributed by atoms with Crippen LogP contribution < -0.4 is 4.74 Å². The highest BCUT2D eigenvalue weighted by molar-refractivity contribution is 6.01. The molecule has 4 aromatic rings. The van der Waals surface area contributed by atoms with Gasteiger partial charge in [-0.2, -0.15) is 0 Å². The Kier molecular flexibility index (Phi) is 4.66. The summed E-state index contributed by atoms with van der Waals surface area (Å²) >= 11 is 0. The fraction of sp³-hybridized carbons (Fsp3) is 0.222. The Hall–Kier alpha value is -3.33. The van der Waals surface area contributed by atoms with Crippen molar-refractivity contribution >= 4 is 16.7 Å². The molecule has 1 aliphatic rings. The Morgan fingerprint density at radius 3 is 2.50 bits per heavy atom. The fourth-order valence-corrected chi connectivity index (χ4v) is 5.05. The second-order valence-electron chi connectivity index (χ2n) is 8.13. The molecule has 0 spiro atoms. The number of H-pyrrole nitrogens is 1. The highest BCUT2D eigenvalue weighted by atomic mass is 16.5. The zero-order valence-electron chi connectivity index (χ0n) is 17.3. The van der Waals surface area contributed by atoms with E-state index in [0.29, 0.717) is 0 Å². The summed E-state index contributed by atoms with van der Waals surface area (Å²) in [5.74, 6) is 0.981. The van der Waals surface area contributed by atoms with Crippen LogP contribution in [0, 0.1) is 12.8 Å². The van der Waals surface area contributed by atoms with Crippen LogP contribution in [-0.4, -0.2) is 17.9 Å². The molecule has 1 aromatic heterocycles. The summed E-state index contributed by atoms with van der Waals surface area (Å²) in [5.41, 5.74) is 6.68. The molecule has 1 heterocycles. The maximum atomic E-state index is 13.7. The summed E-state index contributed by atoms with van der Waals surface area (Å²) in [6.45, 7) is 2.12. The van der Waals surface area contributed by atoms with E-state index in [1.165, 1.54) is 16.5 Å². The van der Waals surface area contributed by atoms with Gasteiger partial charge in [-0.15, -0.1) is 0 Å². The van der Waals surface area contributed by atoms with E-state index < -0.39 is 0 Å². The van der Waals surface area contributed by atoms with Crippen LogP contribution in [0.5, 0.6) is 5.75 Å². The van der Waals surface area contributed by atoms with Gasteiger partial charge in [0.2, 0.25) is 0 Å². The molecule has 1 aliphatic carbocycles. The molecule has 0 aliphatic heterocycles. The number of rotatable bonds is 4. The van der Waals surface area contributed by atoms with Gasteiger partial charge >= 0.3 is 0 Å². The summed E-state index contributed by atoms with van der Waals surface area (Å²) in [4.78, 5) is 17.2. The minimum Gasteiger partial charge on any atom is -0.497 e. The topological polar surface area (TPSA) is 42.1 Å². The number of hydrogen-bond donors (Lipinski definition) is 1. The maximum absolute atomic E-state index is 13.7. The molecule has 0 radical (unpaired) electrons. The number of aryl methyl sites for hydroxylation is 2. The molecular weight excluding hydrogens is 370 g/mol. The molecule has 0 saturated carbocycles. The average Bonchev–Trinajstić information content (AvgIpc) is 3.12. The lowest BCUT2D eigenvalue weighted by Gasteiger charge is -2.31. The number of Topliss-reactive ketones (excluding diaryl/α,β-unsaturated/α-hetero) is 1. The lowest BCUT2D eigenvalue weighted by Crippen LogP contribution is -2.29. The first-order valence-electron chi connectivity index (χ1n) is 10.5. The lowest BCUT2D eigenvalue weighted by atomic mass is 9.70. The van der Waals surface area contributed by atoms with E-state index in [4.69, 9.17) is 4.74 Å². The van der Waals surface area contributed by atoms with Gasteiger partial charge in [0.15, 0.2) is 5.78 Å². The molecule has 0 fully saturated rings. The zero-order valence-corrected chi connectivity index (χ0v) is 17.3. The Balaban J connectivity index is 1.69. The van der Waals surface area contributed by atoms with Crippen LogP contribution in [0.3, 0.4) is 0 Å². The van der Waals surface area contributed by atoms with Crippen LogP contribution in [0.15, 0.2) is 72.8 Å². The van der Waals surface area contributed by atoms with E-state index in [-0.39, 0.29) is 17.6 Å². The second kappa shape index (κ2) is 7.49. The summed E-state index contributed by atoms with van der Waals surface area (Å²) < 4.78 is 5.37. The zero-order chi connectivity index (χ0) is 20.7. The second-order valence-corrected chi connectivity index (χ2v) is 8.13. The van der Waals surface area contributed by atoms with E-state index in [9.17, 15) is 4.79 Å². The predicted molar refractivity (Wildman–Crippen MR) is 120 cm³/mol. The summed E-state index contributed by atoms with van der Waals surface area (Å²) in [7, 11) is 1.68. The molecule has 0 amide bonds. The smallest absolute Gasteiger partial charge is 0.167 e. The molecule has 30 heavy (non-hydrogen) atoms. The predicted octanol–water partition coefficient (Wildman–Crippen LogP) is 6.06. The number of benzene rings is 3. The first-order chi connectivity index (χ1) is 14.7. The molecule has 2 atom stereocenters. The monoisotopic (exact) mass is 395 g/mol. The van der Waals surface area contributed by atoms with E-state index in [1.54, 1.807) is 7.11 Å². The highest BCUT2D eigenvalue weighted by Crippen LogP contribution is 2.43. The summed E-state index contributed by atoms with van der Waals surface area (Å²) in [6.07, 6.45) is 1.78. The van der Waals surface area contributed by atoms with Gasteiger partial charge in [-0.05, 0) is 54.7 Å². The van der Waals surface area contributed by atoms with Crippen molar-refractivity contribution in [3.63, 3.8) is 0 Å². The minimum absolute atomic E-state index is 0.00656. The molecule has 3 aromatic carbocycles. The minimum atomic E-state index is -0.0915. The Labute approximate surface area is 176 Å². The number of ether oxygens (including phenoxy) is 1. The summed E-state index contributed by atoms with van der Waals surface area (Å²) in [5, 5.41) is 1.20. The standard InChI is InChI=1S/C27H25NO2/c1-17-25(22-9-5-6-10-24(22)28-17)26(19-11-14-20(30-2)15-12-19)23-16-13-18-7-3-4-8-21(18)27(23)29/h3-12,14-15,23,26,28H,13,16H2,1-2H3. The van der Waals surface area contributed by atoms with Gasteiger partial charge in [0.25, 0.3) is 0 Å². The Bertz CT molecular complexity index is 1220. The number of para-hydroxylation sites is 1. The normalized spacial score (nSPS) is 17.0. The number of aromatic nitrogens is 1. The number of fused-ring (bicyclic) bond motifs is 2. The van der Waals surface area contributed by atoms with Crippen molar-refractivity contribution in [1.29, 1.82) is 0 Å². The van der Waals surface area contributed by atoms with E-state index in [2.05, 4.69) is 48.3 Å². The van der Waals surface area contributed by atoms with E-state index in [0.717, 1.165) is 40.9 Å². The third-order valence-electron chi connectivity index (χ3n) is 6.48. The van der Waals surface area contributed by atoms with Crippen LogP contribution in [-0.2, 0) is 6.42 Å². The average molecular weight is 396 g/mol. The Morgan fingerprint density at radius 1 is 0.967 bits per heavy atom. The number of carbonyl (C=O) groups excluding carboxylic acids is 1. The third kappa shape index (κ3) is 3.02. The van der Waals surface area contributed by atoms with Crippen molar-refractivity contribution in [2.24, 2.45) is 5.92 Å². The van der Waals surface area contributed by atoms with Crippen LogP contribution in [0.25, 0.3) is 10.9 Å². The van der Waals surface area contributed by atoms with Gasteiger partial charge in [0.1, 0.15) is 5.75 Å². The van der Waals surface area contributed by atoms with Crippen molar-refractivity contribution in [1.82, 2.24) is 4.98 Å². The van der Waals surface area contributed by atoms with Crippen LogP contribution in [0.1, 0.15) is 45.1 Å². The number of methoxy groups -OCH3 is 1. The van der Waals surface area contributed by atoms with Crippen molar-refractivity contribution in [3.8, 4) is 5.75 Å². The number of hydrogen-bond acceptors (Lipinski definition) is 2. The number of nitrogens with one attached hydrogen (secondary N) is 1. The molecule has 5 rings (SSSR count). The van der Waals surface area contributed by atoms with Crippen LogP contribution >= 0.6 is 0 Å². The maximum Gasteiger partial charge on any atom is 0.167 e. The van der Waals surface area contributed by atoms with Crippen LogP contribution in [0.2, 0.25) is 0 Å². The van der Waals surface area contributed by atoms with Crippen molar-refractivity contribution in [2.75, 3.05) is 7.11 Å². The molecule has 1 N–H and O–H groups in total. The van der Waals surface area contributed by atoms with Gasteiger partial charge in [0, 0.05) is 34.0 Å². The van der Waals surface area contributed by atoms with E-state index in [1.807, 2.05) is 36.4 Å². The first-order valence-corrected chi connectivity index (χ1v) is 10.5. The van der Waals surface area contributed by atoms with Gasteiger partial charge < -0.3 is 9.72 Å². The summed E-state index contributed by atoms with van der Waals surface area (Å²) in [6, 6.07) is 24.7. The van der Waals surface area contributed by atoms with Gasteiger partial charge in [-0.3, -0.25) is 4.79 Å². The van der Waals surface area contributed by atoms with Gasteiger partial charge in [0.05, 0.1) is 7.11 Å². The molecule has 3 nitrogen and oxygen atoms in total. The van der Waals surface area contributed by atoms with Crippen molar-refractivity contribution < 1.29 is 9.53 Å². The highest BCUT2D eigenvalue weighted by Gasteiger charge is 2.37. The number of carbonyl (C=O) groups is 1. The van der Waals surface area contributed by atoms with Crippen LogP contribution in [0.4, 0.5) is 0 Å². The first kappa shape index (κ1) is 18.7. The van der Waals surface area contributed by atoms with Crippen molar-refractivity contribution in [3.05, 3.63) is 101 Å². The quantitative estimate of drug-likeness (QED) is 0.456. The van der Waals surface area contributed by atoms with Gasteiger partial charge in [-0.1, -0.05) is 54.6 Å². The molecule has 150 valence electrons. The molecular formula is C27H25NO2. The van der Waals surface area contributed by atoms with Gasteiger partial charge in [-0.25, -0.2) is 0 Å². The third-order valence-corrected chi connectivity index (χ3v) is 6.48.